The van der Waals surface area contributed by atoms with Gasteiger partial charge < -0.3 is 5.11 Å². The van der Waals surface area contributed by atoms with Gasteiger partial charge in [0.05, 0.1) is 6.61 Å². The van der Waals surface area contributed by atoms with Gasteiger partial charge in [0, 0.05) is 31.0 Å². The van der Waals surface area contributed by atoms with Gasteiger partial charge in [0.2, 0.25) is 0 Å². The van der Waals surface area contributed by atoms with Crippen molar-refractivity contribution in [3.63, 3.8) is 0 Å². The molecule has 0 radical (unpaired) electrons. The Labute approximate surface area is 71.7 Å². The van der Waals surface area contributed by atoms with Crippen LogP contribution in [0.25, 0.3) is 0 Å². The van der Waals surface area contributed by atoms with Gasteiger partial charge in [-0.15, -0.1) is 0 Å². The van der Waals surface area contributed by atoms with E-state index in [-0.39, 0.29) is 6.61 Å². The van der Waals surface area contributed by atoms with E-state index in [1.807, 2.05) is 6.20 Å². The van der Waals surface area contributed by atoms with Gasteiger partial charge in [-0.05, 0) is 18.2 Å². The number of pyridine rings is 1. The summed E-state index contributed by atoms with van der Waals surface area (Å²) in [5, 5.41) is 9.03. The summed E-state index contributed by atoms with van der Waals surface area (Å²) in [6, 6.07) is 0. The van der Waals surface area contributed by atoms with E-state index in [9.17, 15) is 0 Å². The molecule has 3 heteroatoms. The monoisotopic (exact) mass is 164 g/mol. The fourth-order valence-electron chi connectivity index (χ4n) is 1.67. The maximum absolute atomic E-state index is 9.03. The summed E-state index contributed by atoms with van der Waals surface area (Å²) in [4.78, 5) is 6.29. The average molecular weight is 164 g/mol. The van der Waals surface area contributed by atoms with E-state index >= 15 is 0 Å². The zero-order valence-electron chi connectivity index (χ0n) is 7.12. The summed E-state index contributed by atoms with van der Waals surface area (Å²) >= 11 is 0. The van der Waals surface area contributed by atoms with Gasteiger partial charge in [-0.1, -0.05) is 0 Å². The predicted octanol–water partition coefficient (Wildman–Crippen LogP) is 0.519. The van der Waals surface area contributed by atoms with Crippen LogP contribution < -0.4 is 0 Å². The molecule has 1 aromatic heterocycles. The van der Waals surface area contributed by atoms with Crippen LogP contribution in [0.2, 0.25) is 0 Å². The predicted molar refractivity (Wildman–Crippen MR) is 45.3 cm³/mol. The lowest BCUT2D eigenvalue weighted by Crippen LogP contribution is -2.07. The number of aliphatic hydroxyl groups is 1. The molecule has 0 aliphatic carbocycles. The molecule has 1 aliphatic rings. The Morgan fingerprint density at radius 3 is 3.08 bits per heavy atom. The number of hydrogen-bond acceptors (Lipinski definition) is 3. The molecule has 12 heavy (non-hydrogen) atoms. The van der Waals surface area contributed by atoms with Crippen molar-refractivity contribution >= 4 is 0 Å². The lowest BCUT2D eigenvalue weighted by molar-refractivity contribution is 0.278. The van der Waals surface area contributed by atoms with Crippen molar-refractivity contribution in [3.8, 4) is 0 Å². The van der Waals surface area contributed by atoms with Gasteiger partial charge in [-0.2, -0.15) is 0 Å². The SMILES string of the molecule is CN1Cc2cncc(CO)c2C1. The molecule has 0 unspecified atom stereocenters. The topological polar surface area (TPSA) is 36.4 Å². The van der Waals surface area contributed by atoms with Crippen molar-refractivity contribution in [2.24, 2.45) is 0 Å². The maximum atomic E-state index is 9.03. The van der Waals surface area contributed by atoms with E-state index in [2.05, 4.69) is 16.9 Å². The zero-order valence-corrected chi connectivity index (χ0v) is 7.12. The van der Waals surface area contributed by atoms with E-state index in [4.69, 9.17) is 5.11 Å². The second-order valence-corrected chi connectivity index (χ2v) is 3.27. The minimum atomic E-state index is 0.101. The minimum Gasteiger partial charge on any atom is -0.392 e. The summed E-state index contributed by atoms with van der Waals surface area (Å²) in [5.41, 5.74) is 3.48. The summed E-state index contributed by atoms with van der Waals surface area (Å²) in [5.74, 6) is 0. The van der Waals surface area contributed by atoms with E-state index in [0.717, 1.165) is 18.7 Å². The smallest absolute Gasteiger partial charge is 0.0700 e. The molecular formula is C9H12N2O. The number of nitrogens with zero attached hydrogens (tertiary/aromatic N) is 2. The molecule has 1 N–H and O–H groups in total. The molecule has 0 bridgehead atoms. The fourth-order valence-corrected chi connectivity index (χ4v) is 1.67. The highest BCUT2D eigenvalue weighted by atomic mass is 16.3. The van der Waals surface area contributed by atoms with E-state index in [0.29, 0.717) is 0 Å². The summed E-state index contributed by atoms with van der Waals surface area (Å²) < 4.78 is 0. The normalized spacial score (nSPS) is 16.5. The third kappa shape index (κ3) is 1.11. The molecule has 0 aromatic carbocycles. The third-order valence-corrected chi connectivity index (χ3v) is 2.27. The zero-order chi connectivity index (χ0) is 8.55. The number of rotatable bonds is 1. The van der Waals surface area contributed by atoms with Crippen LogP contribution in [0.1, 0.15) is 16.7 Å². The van der Waals surface area contributed by atoms with Crippen LogP contribution in [0.3, 0.4) is 0 Å². The molecule has 64 valence electrons. The Hall–Kier alpha value is -0.930. The number of hydrogen-bond donors (Lipinski definition) is 1. The van der Waals surface area contributed by atoms with Crippen molar-refractivity contribution in [1.82, 2.24) is 9.88 Å². The van der Waals surface area contributed by atoms with Gasteiger partial charge in [-0.3, -0.25) is 9.88 Å². The van der Waals surface area contributed by atoms with Crippen LogP contribution in [-0.4, -0.2) is 22.0 Å². The molecule has 1 aromatic rings. The summed E-state index contributed by atoms with van der Waals surface area (Å²) in [6.45, 7) is 1.99. The van der Waals surface area contributed by atoms with Crippen LogP contribution >= 0.6 is 0 Å². The number of aromatic nitrogens is 1. The molecular weight excluding hydrogens is 152 g/mol. The molecule has 0 spiro atoms. The van der Waals surface area contributed by atoms with E-state index in [1.54, 1.807) is 6.20 Å². The third-order valence-electron chi connectivity index (χ3n) is 2.27. The molecule has 0 saturated carbocycles. The van der Waals surface area contributed by atoms with Gasteiger partial charge in [0.1, 0.15) is 0 Å². The number of fused-ring (bicyclic) bond motifs is 1. The van der Waals surface area contributed by atoms with Crippen LogP contribution in [0.15, 0.2) is 12.4 Å². The van der Waals surface area contributed by atoms with Crippen molar-refractivity contribution in [2.75, 3.05) is 7.05 Å². The Morgan fingerprint density at radius 1 is 1.50 bits per heavy atom. The van der Waals surface area contributed by atoms with Crippen molar-refractivity contribution < 1.29 is 5.11 Å². The van der Waals surface area contributed by atoms with Crippen LogP contribution in [0.4, 0.5) is 0 Å². The first-order valence-electron chi connectivity index (χ1n) is 4.05. The molecule has 0 amide bonds. The Balaban J connectivity index is 2.44. The lowest BCUT2D eigenvalue weighted by atomic mass is 10.1. The molecule has 2 rings (SSSR count). The van der Waals surface area contributed by atoms with Gasteiger partial charge in [0.25, 0.3) is 0 Å². The minimum absolute atomic E-state index is 0.101. The second kappa shape index (κ2) is 2.84. The van der Waals surface area contributed by atoms with Gasteiger partial charge in [0.15, 0.2) is 0 Å². The number of aliphatic hydroxyl groups excluding tert-OH is 1. The standard InChI is InChI=1S/C9H12N2O/c1-11-4-7-2-10-3-8(6-12)9(7)5-11/h2-3,12H,4-6H2,1H3. The first-order chi connectivity index (χ1) is 5.81. The summed E-state index contributed by atoms with van der Waals surface area (Å²) in [7, 11) is 2.07. The van der Waals surface area contributed by atoms with Crippen LogP contribution in [0.5, 0.6) is 0 Å². The maximum Gasteiger partial charge on any atom is 0.0700 e. The molecule has 2 heterocycles. The van der Waals surface area contributed by atoms with Crippen LogP contribution in [-0.2, 0) is 19.7 Å². The molecule has 0 atom stereocenters. The highest BCUT2D eigenvalue weighted by Crippen LogP contribution is 2.23. The van der Waals surface area contributed by atoms with Crippen LogP contribution in [0, 0.1) is 0 Å². The lowest BCUT2D eigenvalue weighted by Gasteiger charge is -2.04. The fraction of sp³-hybridized carbons (Fsp3) is 0.444. The van der Waals surface area contributed by atoms with Crippen molar-refractivity contribution in [2.45, 2.75) is 19.7 Å². The van der Waals surface area contributed by atoms with Crippen molar-refractivity contribution in [3.05, 3.63) is 29.1 Å². The van der Waals surface area contributed by atoms with Crippen molar-refractivity contribution in [1.29, 1.82) is 0 Å². The summed E-state index contributed by atoms with van der Waals surface area (Å²) in [6.07, 6.45) is 3.63. The van der Waals surface area contributed by atoms with E-state index < -0.39 is 0 Å². The first-order valence-corrected chi connectivity index (χ1v) is 4.05. The molecule has 0 saturated heterocycles. The van der Waals surface area contributed by atoms with E-state index in [1.165, 1.54) is 11.1 Å². The second-order valence-electron chi connectivity index (χ2n) is 3.27. The average Bonchev–Trinajstić information content (AvgIpc) is 2.44. The quantitative estimate of drug-likeness (QED) is 0.657. The van der Waals surface area contributed by atoms with Gasteiger partial charge in [-0.25, -0.2) is 0 Å². The Kier molecular flexibility index (Phi) is 1.83. The molecule has 0 fully saturated rings. The molecule has 1 aliphatic heterocycles. The Bertz CT molecular complexity index is 299. The first kappa shape index (κ1) is 7.71. The Morgan fingerprint density at radius 2 is 2.33 bits per heavy atom. The largest absolute Gasteiger partial charge is 0.392 e. The highest BCUT2D eigenvalue weighted by molar-refractivity contribution is 5.34. The van der Waals surface area contributed by atoms with Gasteiger partial charge >= 0.3 is 0 Å². The highest BCUT2D eigenvalue weighted by Gasteiger charge is 2.18. The molecule has 3 nitrogen and oxygen atoms in total.